The largest absolute Gasteiger partial charge is 0.456 e. The lowest BCUT2D eigenvalue weighted by Gasteiger charge is -2.27. The van der Waals surface area contributed by atoms with Gasteiger partial charge < -0.3 is 27.1 Å². The molecule has 17 aromatic rings. The van der Waals surface area contributed by atoms with Crippen molar-refractivity contribution in [2.75, 3.05) is 0 Å². The second-order valence-electron chi connectivity index (χ2n) is 21.8. The molecule has 0 spiro atoms. The standard InChI is InChI=1S/C72H44N6O2/c1-39-21-25-59-47(29-39)48-30-40(2)22-26-60(48)75(59)69-55(37-73)70(77-57-17-9-5-13-43(57)51-35-67-53(33-63(51)77)45-15-7-11-19-65(45)79-67)72(76-61-27-23-41(3)31-49(61)50-32-42(4)24-28-62(50)76)71(56(69)38-74)78-58-18-10-6-14-44(58)52-36-68-54(34-64(52)78)46-16-8-12-20-66(46)80-68/h5-36H,1-4H3. The Morgan fingerprint density at radius 1 is 0.263 bits per heavy atom. The number of rotatable bonds is 4. The summed E-state index contributed by atoms with van der Waals surface area (Å²) < 4.78 is 22.5. The fourth-order valence-corrected chi connectivity index (χ4v) is 13.6. The van der Waals surface area contributed by atoms with Crippen LogP contribution in [0.5, 0.6) is 0 Å². The molecule has 374 valence electrons. The molecular weight excluding hydrogens is 981 g/mol. The molecule has 0 saturated carbocycles. The molecule has 0 fully saturated rings. The molecular formula is C72H44N6O2. The number of hydrogen-bond acceptors (Lipinski definition) is 4. The number of nitriles is 2. The summed E-state index contributed by atoms with van der Waals surface area (Å²) in [4.78, 5) is 0. The number of furan rings is 2. The second-order valence-corrected chi connectivity index (χ2v) is 21.8. The smallest absolute Gasteiger partial charge is 0.136 e. The number of hydrogen-bond donors (Lipinski definition) is 0. The summed E-state index contributed by atoms with van der Waals surface area (Å²) >= 11 is 0. The van der Waals surface area contributed by atoms with E-state index in [9.17, 15) is 10.5 Å². The average molecular weight is 1030 g/mol. The summed E-state index contributed by atoms with van der Waals surface area (Å²) in [5.41, 5.74) is 18.0. The molecule has 0 amide bonds. The van der Waals surface area contributed by atoms with Crippen molar-refractivity contribution in [3.8, 4) is 34.9 Å². The third-order valence-corrected chi connectivity index (χ3v) is 17.0. The van der Waals surface area contributed by atoms with Crippen molar-refractivity contribution in [2.45, 2.75) is 27.7 Å². The van der Waals surface area contributed by atoms with Gasteiger partial charge in [0.15, 0.2) is 0 Å². The van der Waals surface area contributed by atoms with Gasteiger partial charge in [0.05, 0.1) is 66.9 Å². The first-order chi connectivity index (χ1) is 39.2. The van der Waals surface area contributed by atoms with Gasteiger partial charge in [-0.3, -0.25) is 0 Å². The van der Waals surface area contributed by atoms with E-state index in [1.54, 1.807) is 0 Å². The van der Waals surface area contributed by atoms with Gasteiger partial charge in [-0.25, -0.2) is 0 Å². The van der Waals surface area contributed by atoms with Gasteiger partial charge in [0.1, 0.15) is 45.6 Å². The first kappa shape index (κ1) is 44.3. The van der Waals surface area contributed by atoms with Crippen LogP contribution in [0, 0.1) is 50.4 Å². The number of aromatic nitrogens is 4. The van der Waals surface area contributed by atoms with E-state index in [4.69, 9.17) is 8.83 Å². The van der Waals surface area contributed by atoms with Crippen molar-refractivity contribution in [2.24, 2.45) is 0 Å². The lowest BCUT2D eigenvalue weighted by Crippen LogP contribution is -2.17. The third kappa shape index (κ3) is 5.81. The zero-order valence-corrected chi connectivity index (χ0v) is 44.0. The number of aryl methyl sites for hydroxylation is 4. The Bertz CT molecular complexity index is 5410. The summed E-state index contributed by atoms with van der Waals surface area (Å²) in [5.74, 6) is 0. The molecule has 0 saturated heterocycles. The zero-order chi connectivity index (χ0) is 53.4. The van der Waals surface area contributed by atoms with E-state index < -0.39 is 0 Å². The predicted octanol–water partition coefficient (Wildman–Crippen LogP) is 18.9. The van der Waals surface area contributed by atoms with Crippen molar-refractivity contribution in [1.82, 2.24) is 18.3 Å². The molecule has 0 bridgehead atoms. The van der Waals surface area contributed by atoms with Crippen molar-refractivity contribution < 1.29 is 8.83 Å². The van der Waals surface area contributed by atoms with Crippen LogP contribution in [0.1, 0.15) is 33.4 Å². The summed E-state index contributed by atoms with van der Waals surface area (Å²) in [6.07, 6.45) is 0. The highest BCUT2D eigenvalue weighted by atomic mass is 16.3. The van der Waals surface area contributed by atoms with E-state index >= 15 is 0 Å². The lowest BCUT2D eigenvalue weighted by atomic mass is 9.98. The van der Waals surface area contributed by atoms with Gasteiger partial charge in [-0.2, -0.15) is 10.5 Å². The highest BCUT2D eigenvalue weighted by Crippen LogP contribution is 2.50. The molecule has 0 aliphatic heterocycles. The Balaban J connectivity index is 1.20. The van der Waals surface area contributed by atoms with Crippen molar-refractivity contribution >= 4 is 131 Å². The highest BCUT2D eigenvalue weighted by Gasteiger charge is 2.35. The lowest BCUT2D eigenvalue weighted by molar-refractivity contribution is 0.669. The minimum absolute atomic E-state index is 0.346. The van der Waals surface area contributed by atoms with Crippen molar-refractivity contribution in [3.63, 3.8) is 0 Å². The Morgan fingerprint density at radius 2 is 0.575 bits per heavy atom. The molecule has 6 heterocycles. The summed E-state index contributed by atoms with van der Waals surface area (Å²) in [6.45, 7) is 8.50. The molecule has 6 aromatic heterocycles. The third-order valence-electron chi connectivity index (χ3n) is 17.0. The average Bonchev–Trinajstić information content (AvgIpc) is 4.46. The van der Waals surface area contributed by atoms with Crippen LogP contribution in [0.3, 0.4) is 0 Å². The van der Waals surface area contributed by atoms with Crippen LogP contribution >= 0.6 is 0 Å². The monoisotopic (exact) mass is 1020 g/mol. The SMILES string of the molecule is Cc1ccc2c(c1)c1cc(C)ccc1n2-c1c(C#N)c(-n2c3ccccc3c3cc4oc5ccccc5c4cc32)c(-n2c3ccc(C)cc3c3cc(C)ccc32)c(-n2c3ccccc3c3cc4oc5ccccc5c4cc32)c1C#N. The van der Waals surface area contributed by atoms with E-state index in [0.717, 1.165) is 153 Å². The fraction of sp³-hybridized carbons (Fsp3) is 0.0556. The Morgan fingerprint density at radius 3 is 0.963 bits per heavy atom. The maximum atomic E-state index is 12.7. The van der Waals surface area contributed by atoms with Gasteiger partial charge in [-0.15, -0.1) is 0 Å². The van der Waals surface area contributed by atoms with Crippen LogP contribution in [-0.2, 0) is 0 Å². The van der Waals surface area contributed by atoms with Crippen molar-refractivity contribution in [1.29, 1.82) is 10.5 Å². The van der Waals surface area contributed by atoms with Crippen LogP contribution in [0.4, 0.5) is 0 Å². The van der Waals surface area contributed by atoms with E-state index in [2.05, 4.69) is 216 Å². The Kier molecular flexibility index (Phi) is 8.81. The molecule has 0 aliphatic carbocycles. The summed E-state index contributed by atoms with van der Waals surface area (Å²) in [5, 5.41) is 37.5. The van der Waals surface area contributed by atoms with E-state index in [0.29, 0.717) is 33.9 Å². The minimum atomic E-state index is 0.346. The summed E-state index contributed by atoms with van der Waals surface area (Å²) in [6, 6.07) is 74.2. The molecule has 0 unspecified atom stereocenters. The summed E-state index contributed by atoms with van der Waals surface area (Å²) in [7, 11) is 0. The van der Waals surface area contributed by atoms with Gasteiger partial charge in [0, 0.05) is 64.6 Å². The Labute approximate surface area is 456 Å². The van der Waals surface area contributed by atoms with Gasteiger partial charge in [0.2, 0.25) is 0 Å². The first-order valence-corrected chi connectivity index (χ1v) is 27.0. The maximum absolute atomic E-state index is 12.7. The first-order valence-electron chi connectivity index (χ1n) is 27.0. The number of fused-ring (bicyclic) bond motifs is 18. The molecule has 80 heavy (non-hydrogen) atoms. The molecule has 11 aromatic carbocycles. The molecule has 8 heteroatoms. The topological polar surface area (TPSA) is 93.6 Å². The van der Waals surface area contributed by atoms with Crippen LogP contribution < -0.4 is 0 Å². The van der Waals surface area contributed by atoms with Gasteiger partial charge in [-0.05, 0) is 125 Å². The number of para-hydroxylation sites is 4. The van der Waals surface area contributed by atoms with Crippen LogP contribution in [0.15, 0.2) is 203 Å². The van der Waals surface area contributed by atoms with Gasteiger partial charge in [-0.1, -0.05) is 119 Å². The fourth-order valence-electron chi connectivity index (χ4n) is 13.6. The number of nitrogens with zero attached hydrogens (tertiary/aromatic N) is 6. The normalized spacial score (nSPS) is 12.2. The van der Waals surface area contributed by atoms with Crippen LogP contribution in [0.25, 0.3) is 154 Å². The second kappa shape index (κ2) is 15.9. The molecule has 0 N–H and O–H groups in total. The molecule has 8 nitrogen and oxygen atoms in total. The van der Waals surface area contributed by atoms with Crippen molar-refractivity contribution in [3.05, 3.63) is 228 Å². The number of benzene rings is 11. The predicted molar refractivity (Wildman–Crippen MR) is 327 cm³/mol. The minimum Gasteiger partial charge on any atom is -0.456 e. The highest BCUT2D eigenvalue weighted by molar-refractivity contribution is 6.21. The van der Waals surface area contributed by atoms with E-state index in [1.165, 1.54) is 0 Å². The van der Waals surface area contributed by atoms with Gasteiger partial charge in [0.25, 0.3) is 0 Å². The molecule has 0 radical (unpaired) electrons. The Hall–Kier alpha value is -10.8. The quantitative estimate of drug-likeness (QED) is 0.175. The molecule has 0 aliphatic rings. The van der Waals surface area contributed by atoms with E-state index in [1.807, 2.05) is 36.4 Å². The molecule has 17 rings (SSSR count). The zero-order valence-electron chi connectivity index (χ0n) is 44.0. The molecule has 0 atom stereocenters. The van der Waals surface area contributed by atoms with Gasteiger partial charge >= 0.3 is 0 Å². The van der Waals surface area contributed by atoms with Crippen LogP contribution in [-0.4, -0.2) is 18.3 Å². The van der Waals surface area contributed by atoms with E-state index in [-0.39, 0.29) is 0 Å². The van der Waals surface area contributed by atoms with Crippen LogP contribution in [0.2, 0.25) is 0 Å². The maximum Gasteiger partial charge on any atom is 0.136 e.